The SMILES string of the molecule is CC(C)CC(C)NCc1ccc(OC(C)C)cc1. The molecule has 0 aromatic heterocycles. The van der Waals surface area contributed by atoms with Crippen LogP contribution in [0, 0.1) is 5.92 Å². The molecule has 18 heavy (non-hydrogen) atoms. The summed E-state index contributed by atoms with van der Waals surface area (Å²) in [5, 5.41) is 3.55. The lowest BCUT2D eigenvalue weighted by molar-refractivity contribution is 0.242. The van der Waals surface area contributed by atoms with Gasteiger partial charge in [-0.2, -0.15) is 0 Å². The van der Waals surface area contributed by atoms with E-state index in [9.17, 15) is 0 Å². The van der Waals surface area contributed by atoms with Crippen LogP contribution in [0.2, 0.25) is 0 Å². The lowest BCUT2D eigenvalue weighted by Crippen LogP contribution is -2.26. The van der Waals surface area contributed by atoms with E-state index < -0.39 is 0 Å². The van der Waals surface area contributed by atoms with E-state index in [1.807, 2.05) is 26.0 Å². The molecule has 0 spiro atoms. The maximum Gasteiger partial charge on any atom is 0.119 e. The van der Waals surface area contributed by atoms with Crippen LogP contribution in [0.15, 0.2) is 24.3 Å². The Morgan fingerprint density at radius 1 is 1.00 bits per heavy atom. The molecule has 2 heteroatoms. The molecule has 1 N–H and O–H groups in total. The van der Waals surface area contributed by atoms with Crippen molar-refractivity contribution >= 4 is 0 Å². The van der Waals surface area contributed by atoms with Gasteiger partial charge < -0.3 is 10.1 Å². The zero-order chi connectivity index (χ0) is 13.5. The lowest BCUT2D eigenvalue weighted by atomic mass is 10.1. The minimum absolute atomic E-state index is 0.236. The summed E-state index contributed by atoms with van der Waals surface area (Å²) in [5.74, 6) is 1.69. The van der Waals surface area contributed by atoms with Crippen LogP contribution in [0.5, 0.6) is 5.75 Å². The molecule has 0 saturated carbocycles. The maximum absolute atomic E-state index is 5.63. The molecular formula is C16H27NO. The standard InChI is InChI=1S/C16H27NO/c1-12(2)10-14(5)17-11-15-6-8-16(9-7-15)18-13(3)4/h6-9,12-14,17H,10-11H2,1-5H3. The number of benzene rings is 1. The zero-order valence-corrected chi connectivity index (χ0v) is 12.4. The molecule has 0 aliphatic carbocycles. The normalized spacial score (nSPS) is 13.1. The lowest BCUT2D eigenvalue weighted by Gasteiger charge is -2.16. The van der Waals surface area contributed by atoms with Crippen molar-refractivity contribution in [3.8, 4) is 5.75 Å². The number of rotatable bonds is 7. The van der Waals surface area contributed by atoms with Gasteiger partial charge in [0.1, 0.15) is 5.75 Å². The third kappa shape index (κ3) is 6.06. The Balaban J connectivity index is 2.39. The summed E-state index contributed by atoms with van der Waals surface area (Å²) in [4.78, 5) is 0. The summed E-state index contributed by atoms with van der Waals surface area (Å²) in [5.41, 5.74) is 1.31. The first-order chi connectivity index (χ1) is 8.47. The van der Waals surface area contributed by atoms with E-state index in [0.29, 0.717) is 6.04 Å². The first-order valence-corrected chi connectivity index (χ1v) is 6.96. The smallest absolute Gasteiger partial charge is 0.119 e. The van der Waals surface area contributed by atoms with Gasteiger partial charge in [-0.05, 0) is 50.8 Å². The number of hydrogen-bond acceptors (Lipinski definition) is 2. The highest BCUT2D eigenvalue weighted by molar-refractivity contribution is 5.27. The van der Waals surface area contributed by atoms with Crippen LogP contribution in [0.3, 0.4) is 0 Å². The van der Waals surface area contributed by atoms with E-state index in [2.05, 4.69) is 38.2 Å². The second kappa shape index (κ2) is 7.42. The number of ether oxygens (including phenoxy) is 1. The summed E-state index contributed by atoms with van der Waals surface area (Å²) in [6, 6.07) is 8.92. The predicted octanol–water partition coefficient (Wildman–Crippen LogP) is 4.00. The fraction of sp³-hybridized carbons (Fsp3) is 0.625. The van der Waals surface area contributed by atoms with Gasteiger partial charge >= 0.3 is 0 Å². The van der Waals surface area contributed by atoms with E-state index in [0.717, 1.165) is 18.2 Å². The summed E-state index contributed by atoms with van der Waals surface area (Å²) in [6.45, 7) is 11.8. The van der Waals surface area contributed by atoms with Crippen LogP contribution in [-0.4, -0.2) is 12.1 Å². The molecule has 0 aliphatic heterocycles. The third-order valence-electron chi connectivity index (χ3n) is 2.77. The molecule has 102 valence electrons. The molecule has 2 nitrogen and oxygen atoms in total. The molecule has 1 aromatic carbocycles. The van der Waals surface area contributed by atoms with Crippen molar-refractivity contribution in [3.63, 3.8) is 0 Å². The van der Waals surface area contributed by atoms with Crippen molar-refractivity contribution in [2.45, 2.75) is 59.7 Å². The van der Waals surface area contributed by atoms with Crippen LogP contribution < -0.4 is 10.1 Å². The highest BCUT2D eigenvalue weighted by atomic mass is 16.5. The quantitative estimate of drug-likeness (QED) is 0.788. The van der Waals surface area contributed by atoms with E-state index in [1.54, 1.807) is 0 Å². The maximum atomic E-state index is 5.63. The fourth-order valence-corrected chi connectivity index (χ4v) is 2.04. The zero-order valence-electron chi connectivity index (χ0n) is 12.4. The van der Waals surface area contributed by atoms with E-state index >= 15 is 0 Å². The molecule has 0 aliphatic rings. The molecule has 1 atom stereocenters. The van der Waals surface area contributed by atoms with E-state index in [1.165, 1.54) is 12.0 Å². The van der Waals surface area contributed by atoms with Crippen LogP contribution in [0.4, 0.5) is 0 Å². The largest absolute Gasteiger partial charge is 0.491 e. The molecule has 1 aromatic rings. The second-order valence-electron chi connectivity index (χ2n) is 5.72. The van der Waals surface area contributed by atoms with Crippen LogP contribution >= 0.6 is 0 Å². The van der Waals surface area contributed by atoms with Crippen LogP contribution in [0.25, 0.3) is 0 Å². The number of nitrogens with one attached hydrogen (secondary N) is 1. The highest BCUT2D eigenvalue weighted by Gasteiger charge is 2.04. The van der Waals surface area contributed by atoms with Gasteiger partial charge in [0.05, 0.1) is 6.10 Å². The molecule has 0 fully saturated rings. The predicted molar refractivity (Wildman–Crippen MR) is 78.0 cm³/mol. The summed E-state index contributed by atoms with van der Waals surface area (Å²) in [6.07, 6.45) is 1.45. The van der Waals surface area contributed by atoms with Crippen LogP contribution in [-0.2, 0) is 6.54 Å². The first-order valence-electron chi connectivity index (χ1n) is 6.96. The van der Waals surface area contributed by atoms with Crippen molar-refractivity contribution in [1.29, 1.82) is 0 Å². The minimum atomic E-state index is 0.236. The second-order valence-corrected chi connectivity index (χ2v) is 5.72. The Labute approximate surface area is 112 Å². The molecule has 1 unspecified atom stereocenters. The van der Waals surface area contributed by atoms with Gasteiger partial charge in [-0.1, -0.05) is 26.0 Å². The average Bonchev–Trinajstić information content (AvgIpc) is 2.26. The van der Waals surface area contributed by atoms with Crippen LogP contribution in [0.1, 0.15) is 46.6 Å². The first kappa shape index (κ1) is 15.0. The molecule has 1 rings (SSSR count). The molecule has 0 radical (unpaired) electrons. The van der Waals surface area contributed by atoms with Crippen molar-refractivity contribution in [2.75, 3.05) is 0 Å². The van der Waals surface area contributed by atoms with Gasteiger partial charge in [0, 0.05) is 12.6 Å². The Morgan fingerprint density at radius 2 is 1.61 bits per heavy atom. The van der Waals surface area contributed by atoms with Gasteiger partial charge in [-0.15, -0.1) is 0 Å². The van der Waals surface area contributed by atoms with Gasteiger partial charge in [0.2, 0.25) is 0 Å². The average molecular weight is 249 g/mol. The van der Waals surface area contributed by atoms with Crippen molar-refractivity contribution in [3.05, 3.63) is 29.8 Å². The highest BCUT2D eigenvalue weighted by Crippen LogP contribution is 2.14. The van der Waals surface area contributed by atoms with Crippen molar-refractivity contribution < 1.29 is 4.74 Å². The summed E-state index contributed by atoms with van der Waals surface area (Å²) >= 11 is 0. The van der Waals surface area contributed by atoms with Gasteiger partial charge in [0.25, 0.3) is 0 Å². The fourth-order valence-electron chi connectivity index (χ4n) is 2.04. The van der Waals surface area contributed by atoms with Gasteiger partial charge in [-0.3, -0.25) is 0 Å². The third-order valence-corrected chi connectivity index (χ3v) is 2.77. The molecular weight excluding hydrogens is 222 g/mol. The summed E-state index contributed by atoms with van der Waals surface area (Å²) < 4.78 is 5.63. The minimum Gasteiger partial charge on any atom is -0.491 e. The van der Waals surface area contributed by atoms with Gasteiger partial charge in [0.15, 0.2) is 0 Å². The van der Waals surface area contributed by atoms with E-state index in [-0.39, 0.29) is 6.10 Å². The molecule has 0 heterocycles. The van der Waals surface area contributed by atoms with Gasteiger partial charge in [-0.25, -0.2) is 0 Å². The summed E-state index contributed by atoms with van der Waals surface area (Å²) in [7, 11) is 0. The monoisotopic (exact) mass is 249 g/mol. The Bertz CT molecular complexity index is 329. The number of hydrogen-bond donors (Lipinski definition) is 1. The molecule has 0 amide bonds. The topological polar surface area (TPSA) is 21.3 Å². The molecule has 0 bridgehead atoms. The Hall–Kier alpha value is -1.02. The van der Waals surface area contributed by atoms with Crippen molar-refractivity contribution in [1.82, 2.24) is 5.32 Å². The molecule has 0 saturated heterocycles. The van der Waals surface area contributed by atoms with E-state index in [4.69, 9.17) is 4.74 Å². The Morgan fingerprint density at radius 3 is 2.11 bits per heavy atom. The van der Waals surface area contributed by atoms with Crippen molar-refractivity contribution in [2.24, 2.45) is 5.92 Å². The Kier molecular flexibility index (Phi) is 6.20.